The molecule has 0 unspecified atom stereocenters. The lowest BCUT2D eigenvalue weighted by Crippen LogP contribution is -2.02. The minimum absolute atomic E-state index is 0.482. The molecule has 0 N–H and O–H groups in total. The zero-order chi connectivity index (χ0) is 14.7. The van der Waals surface area contributed by atoms with E-state index in [0.717, 1.165) is 29.8 Å². The summed E-state index contributed by atoms with van der Waals surface area (Å²) in [7, 11) is 0. The van der Waals surface area contributed by atoms with E-state index in [2.05, 4.69) is 24.0 Å². The first-order valence-electron chi connectivity index (χ1n) is 7.64. The van der Waals surface area contributed by atoms with Gasteiger partial charge in [0.2, 0.25) is 5.88 Å². The summed E-state index contributed by atoms with van der Waals surface area (Å²) in [4.78, 5) is 4.53. The van der Waals surface area contributed by atoms with Crippen LogP contribution in [0.2, 0.25) is 0 Å². The van der Waals surface area contributed by atoms with Gasteiger partial charge in [-0.2, -0.15) is 0 Å². The standard InChI is InChI=1S/C18H20ClNO/c1-2-16-9-13(12-19)10-18(20-16)21-17-8-7-14-5-3-4-6-15(14)11-17/h7-11H,2-6,12H2,1H3. The first kappa shape index (κ1) is 14.4. The number of fused-ring (bicyclic) bond motifs is 1. The van der Waals surface area contributed by atoms with Gasteiger partial charge in [-0.1, -0.05) is 13.0 Å². The molecule has 0 atom stereocenters. The molecule has 1 aromatic heterocycles. The van der Waals surface area contributed by atoms with Gasteiger partial charge in [-0.3, -0.25) is 0 Å². The van der Waals surface area contributed by atoms with E-state index in [-0.39, 0.29) is 0 Å². The minimum Gasteiger partial charge on any atom is -0.439 e. The molecule has 3 rings (SSSR count). The highest BCUT2D eigenvalue weighted by molar-refractivity contribution is 6.17. The molecule has 0 spiro atoms. The molecule has 1 aliphatic rings. The first-order valence-corrected chi connectivity index (χ1v) is 8.17. The van der Waals surface area contributed by atoms with Crippen molar-refractivity contribution >= 4 is 11.6 Å². The molecule has 0 radical (unpaired) electrons. The van der Waals surface area contributed by atoms with Gasteiger partial charge in [0, 0.05) is 17.6 Å². The van der Waals surface area contributed by atoms with Crippen LogP contribution >= 0.6 is 11.6 Å². The minimum atomic E-state index is 0.482. The summed E-state index contributed by atoms with van der Waals surface area (Å²) >= 11 is 5.94. The van der Waals surface area contributed by atoms with E-state index in [0.29, 0.717) is 11.8 Å². The van der Waals surface area contributed by atoms with Crippen molar-refractivity contribution in [1.29, 1.82) is 0 Å². The number of hydrogen-bond acceptors (Lipinski definition) is 2. The van der Waals surface area contributed by atoms with Crippen LogP contribution in [0.25, 0.3) is 0 Å². The molecule has 3 heteroatoms. The summed E-state index contributed by atoms with van der Waals surface area (Å²) in [5, 5.41) is 0. The quantitative estimate of drug-likeness (QED) is 0.737. The molecule has 0 amide bonds. The predicted molar refractivity (Wildman–Crippen MR) is 86.3 cm³/mol. The van der Waals surface area contributed by atoms with Crippen LogP contribution < -0.4 is 4.74 Å². The van der Waals surface area contributed by atoms with Crippen LogP contribution in [0, 0.1) is 0 Å². The van der Waals surface area contributed by atoms with Crippen molar-refractivity contribution in [2.45, 2.75) is 44.9 Å². The van der Waals surface area contributed by atoms with E-state index in [9.17, 15) is 0 Å². The number of hydrogen-bond donors (Lipinski definition) is 0. The van der Waals surface area contributed by atoms with Crippen molar-refractivity contribution in [2.75, 3.05) is 0 Å². The monoisotopic (exact) mass is 301 g/mol. The van der Waals surface area contributed by atoms with Crippen LogP contribution in [0.3, 0.4) is 0 Å². The first-order chi connectivity index (χ1) is 10.3. The fourth-order valence-corrected chi connectivity index (χ4v) is 2.98. The third kappa shape index (κ3) is 3.38. The van der Waals surface area contributed by atoms with E-state index in [4.69, 9.17) is 16.3 Å². The molecule has 0 aliphatic heterocycles. The fourth-order valence-electron chi connectivity index (χ4n) is 2.82. The smallest absolute Gasteiger partial charge is 0.219 e. The lowest BCUT2D eigenvalue weighted by molar-refractivity contribution is 0.458. The Morgan fingerprint density at radius 2 is 1.90 bits per heavy atom. The molecule has 0 saturated heterocycles. The van der Waals surface area contributed by atoms with Crippen LogP contribution in [0.4, 0.5) is 0 Å². The molecule has 0 fully saturated rings. The maximum atomic E-state index is 5.96. The van der Waals surface area contributed by atoms with E-state index in [1.165, 1.54) is 30.4 Å². The summed E-state index contributed by atoms with van der Waals surface area (Å²) in [6.07, 6.45) is 5.80. The Labute approximate surface area is 131 Å². The lowest BCUT2D eigenvalue weighted by atomic mass is 9.92. The summed E-state index contributed by atoms with van der Waals surface area (Å²) < 4.78 is 5.96. The number of nitrogens with zero attached hydrogens (tertiary/aromatic N) is 1. The van der Waals surface area contributed by atoms with E-state index in [1.807, 2.05) is 18.2 Å². The Morgan fingerprint density at radius 3 is 2.67 bits per heavy atom. The highest BCUT2D eigenvalue weighted by Gasteiger charge is 2.11. The lowest BCUT2D eigenvalue weighted by Gasteiger charge is -2.16. The van der Waals surface area contributed by atoms with Crippen LogP contribution in [-0.2, 0) is 25.1 Å². The molecule has 0 saturated carbocycles. The molecule has 1 aliphatic carbocycles. The second kappa shape index (κ2) is 6.48. The maximum absolute atomic E-state index is 5.96. The van der Waals surface area contributed by atoms with Crippen molar-refractivity contribution in [2.24, 2.45) is 0 Å². The van der Waals surface area contributed by atoms with Crippen LogP contribution in [0.15, 0.2) is 30.3 Å². The number of alkyl halides is 1. The van der Waals surface area contributed by atoms with Gasteiger partial charge in [0.25, 0.3) is 0 Å². The van der Waals surface area contributed by atoms with Crippen LogP contribution in [0.5, 0.6) is 11.6 Å². The largest absolute Gasteiger partial charge is 0.439 e. The van der Waals surface area contributed by atoms with Gasteiger partial charge >= 0.3 is 0 Å². The second-order valence-electron chi connectivity index (χ2n) is 5.53. The number of aromatic nitrogens is 1. The molecule has 1 aromatic carbocycles. The molecular weight excluding hydrogens is 282 g/mol. The Bertz CT molecular complexity index is 617. The number of pyridine rings is 1. The zero-order valence-corrected chi connectivity index (χ0v) is 13.1. The summed E-state index contributed by atoms with van der Waals surface area (Å²) in [5.74, 6) is 1.99. The average molecular weight is 302 g/mol. The van der Waals surface area contributed by atoms with E-state index >= 15 is 0 Å². The van der Waals surface area contributed by atoms with Crippen LogP contribution in [-0.4, -0.2) is 4.98 Å². The van der Waals surface area contributed by atoms with Crippen molar-refractivity contribution in [3.63, 3.8) is 0 Å². The molecule has 1 heterocycles. The Balaban J connectivity index is 1.86. The van der Waals surface area contributed by atoms with Crippen molar-refractivity contribution < 1.29 is 4.74 Å². The van der Waals surface area contributed by atoms with Gasteiger partial charge < -0.3 is 4.74 Å². The SMILES string of the molecule is CCc1cc(CCl)cc(Oc2ccc3c(c2)CCCC3)n1. The molecule has 0 bridgehead atoms. The van der Waals surface area contributed by atoms with Gasteiger partial charge in [0.15, 0.2) is 0 Å². The highest BCUT2D eigenvalue weighted by Crippen LogP contribution is 2.28. The van der Waals surface area contributed by atoms with Gasteiger partial charge in [-0.05, 0) is 67.0 Å². The highest BCUT2D eigenvalue weighted by atomic mass is 35.5. The maximum Gasteiger partial charge on any atom is 0.219 e. The van der Waals surface area contributed by atoms with Gasteiger partial charge in [-0.25, -0.2) is 4.98 Å². The average Bonchev–Trinajstić information content (AvgIpc) is 2.54. The molecule has 21 heavy (non-hydrogen) atoms. The van der Waals surface area contributed by atoms with E-state index in [1.54, 1.807) is 0 Å². The Morgan fingerprint density at radius 1 is 1.10 bits per heavy atom. The van der Waals surface area contributed by atoms with Crippen molar-refractivity contribution in [3.8, 4) is 11.6 Å². The Hall–Kier alpha value is -1.54. The zero-order valence-electron chi connectivity index (χ0n) is 12.4. The predicted octanol–water partition coefficient (Wildman–Crippen LogP) is 5.05. The summed E-state index contributed by atoms with van der Waals surface area (Å²) in [5.41, 5.74) is 4.95. The molecular formula is C18H20ClNO. The third-order valence-corrected chi connectivity index (χ3v) is 4.28. The molecule has 2 nitrogen and oxygen atoms in total. The van der Waals surface area contributed by atoms with Gasteiger partial charge in [-0.15, -0.1) is 11.6 Å². The number of benzene rings is 1. The van der Waals surface area contributed by atoms with Gasteiger partial charge in [0.05, 0.1) is 0 Å². The van der Waals surface area contributed by atoms with Crippen molar-refractivity contribution in [3.05, 3.63) is 52.7 Å². The molecule has 110 valence electrons. The fraction of sp³-hybridized carbons (Fsp3) is 0.389. The number of ether oxygens (including phenoxy) is 1. The Kier molecular flexibility index (Phi) is 4.45. The van der Waals surface area contributed by atoms with Crippen LogP contribution in [0.1, 0.15) is 42.1 Å². The summed E-state index contributed by atoms with van der Waals surface area (Å²) in [6, 6.07) is 10.4. The van der Waals surface area contributed by atoms with Crippen molar-refractivity contribution in [1.82, 2.24) is 4.98 Å². The number of halogens is 1. The molecule has 2 aromatic rings. The normalized spacial score (nSPS) is 13.8. The van der Waals surface area contributed by atoms with Gasteiger partial charge in [0.1, 0.15) is 5.75 Å². The topological polar surface area (TPSA) is 22.1 Å². The third-order valence-electron chi connectivity index (χ3n) is 3.97. The number of aryl methyl sites for hydroxylation is 3. The second-order valence-corrected chi connectivity index (χ2v) is 5.80. The summed E-state index contributed by atoms with van der Waals surface area (Å²) in [6.45, 7) is 2.09. The number of rotatable bonds is 4. The van der Waals surface area contributed by atoms with E-state index < -0.39 is 0 Å².